The molecule has 3 aromatic carbocycles. The lowest BCUT2D eigenvalue weighted by molar-refractivity contribution is -0.137. The van der Waals surface area contributed by atoms with Crippen LogP contribution in [0.2, 0.25) is 0 Å². The van der Waals surface area contributed by atoms with E-state index in [-0.39, 0.29) is 29.2 Å². The van der Waals surface area contributed by atoms with Crippen LogP contribution in [0.4, 0.5) is 18.9 Å². The second kappa shape index (κ2) is 11.8. The molecule has 1 amide bonds. The number of alkyl halides is 3. The number of hydrogen-bond acceptors (Lipinski definition) is 4. The van der Waals surface area contributed by atoms with E-state index in [0.29, 0.717) is 29.8 Å². The minimum atomic E-state index is -4.42. The molecule has 4 aromatic rings. The summed E-state index contributed by atoms with van der Waals surface area (Å²) >= 11 is 0. The van der Waals surface area contributed by atoms with Crippen LogP contribution in [0.5, 0.6) is 0 Å². The third kappa shape index (κ3) is 6.42. The van der Waals surface area contributed by atoms with E-state index >= 15 is 0 Å². The maximum Gasteiger partial charge on any atom is 0.416 e. The van der Waals surface area contributed by atoms with Crippen molar-refractivity contribution < 1.29 is 26.4 Å². The van der Waals surface area contributed by atoms with Gasteiger partial charge in [0.1, 0.15) is 0 Å². The van der Waals surface area contributed by atoms with Crippen LogP contribution in [0.25, 0.3) is 0 Å². The van der Waals surface area contributed by atoms with E-state index in [0.717, 1.165) is 41.8 Å². The fourth-order valence-corrected chi connectivity index (χ4v) is 7.30. The topological polar surface area (TPSA) is 79.4 Å². The molecule has 10 heteroatoms. The van der Waals surface area contributed by atoms with E-state index in [4.69, 9.17) is 0 Å². The third-order valence-electron chi connectivity index (χ3n) is 8.41. The molecule has 2 aliphatic rings. The monoisotopic (exact) mass is 619 g/mol. The molecule has 1 N–H and O–H groups in total. The molecule has 2 aliphatic carbocycles. The maximum absolute atomic E-state index is 14.1. The predicted octanol–water partition coefficient (Wildman–Crippen LogP) is 7.10. The van der Waals surface area contributed by atoms with Crippen LogP contribution in [0.15, 0.2) is 95.9 Å². The zero-order valence-corrected chi connectivity index (χ0v) is 24.9. The highest BCUT2D eigenvalue weighted by Crippen LogP contribution is 2.49. The van der Waals surface area contributed by atoms with Gasteiger partial charge >= 0.3 is 6.18 Å². The summed E-state index contributed by atoms with van der Waals surface area (Å²) in [6, 6.07) is 24.1. The lowest BCUT2D eigenvalue weighted by Crippen LogP contribution is -2.34. The van der Waals surface area contributed by atoms with Crippen LogP contribution < -0.4 is 9.62 Å². The second-order valence-corrected chi connectivity index (χ2v) is 13.2. The summed E-state index contributed by atoms with van der Waals surface area (Å²) in [5.41, 5.74) is 3.97. The average Bonchev–Trinajstić information content (AvgIpc) is 3.81. The molecular weight excluding hydrogens is 587 g/mol. The van der Waals surface area contributed by atoms with Gasteiger partial charge in [-0.05, 0) is 104 Å². The molecule has 1 aromatic heterocycles. The highest BCUT2D eigenvalue weighted by atomic mass is 32.2. The van der Waals surface area contributed by atoms with Crippen LogP contribution in [0.1, 0.15) is 64.9 Å². The summed E-state index contributed by atoms with van der Waals surface area (Å²) in [5, 5.41) is 0. The molecule has 0 saturated heterocycles. The first kappa shape index (κ1) is 30.0. The molecule has 0 spiro atoms. The van der Waals surface area contributed by atoms with Gasteiger partial charge in [0.25, 0.3) is 0 Å². The number of rotatable bonds is 8. The number of benzene rings is 3. The summed E-state index contributed by atoms with van der Waals surface area (Å²) in [4.78, 5) is 20.5. The van der Waals surface area contributed by atoms with Gasteiger partial charge in [0.05, 0.1) is 22.7 Å². The summed E-state index contributed by atoms with van der Waals surface area (Å²) in [7, 11) is -3.77. The fourth-order valence-electron chi connectivity index (χ4n) is 6.03. The van der Waals surface area contributed by atoms with E-state index in [1.807, 2.05) is 43.3 Å². The lowest BCUT2D eigenvalue weighted by Gasteiger charge is -2.29. The number of pyridine rings is 1. The second-order valence-electron chi connectivity index (χ2n) is 11.5. The standard InChI is InChI=1S/C34H32F3N3O3S/c1-22-7-5-9-26(38-22)21-40(33(41)31-20-29(31)24-13-16-25(17-14-24)34(35,36)37)27-18-15-23-8-6-12-32(30(23)19-27)39-44(42,43)28-10-3-2-4-11-28/h2-5,7,9-11,13-19,29,31-32,39H,6,8,12,20-21H2,1H3/t29-,31-,32+/m1/s1. The van der Waals surface area contributed by atoms with Gasteiger partial charge in [-0.25, -0.2) is 13.1 Å². The van der Waals surface area contributed by atoms with Gasteiger partial charge in [-0.2, -0.15) is 13.2 Å². The van der Waals surface area contributed by atoms with Crippen LogP contribution >= 0.6 is 0 Å². The minimum absolute atomic E-state index is 0.143. The van der Waals surface area contributed by atoms with Crippen LogP contribution in [0.3, 0.4) is 0 Å². The smallest absolute Gasteiger partial charge is 0.306 e. The molecule has 228 valence electrons. The molecule has 0 unspecified atom stereocenters. The van der Waals surface area contributed by atoms with Gasteiger partial charge in [-0.3, -0.25) is 9.78 Å². The number of fused-ring (bicyclic) bond motifs is 1. The maximum atomic E-state index is 14.1. The average molecular weight is 620 g/mol. The molecule has 6 nitrogen and oxygen atoms in total. The summed E-state index contributed by atoms with van der Waals surface area (Å²) < 4.78 is 68.6. The van der Waals surface area contributed by atoms with E-state index in [2.05, 4.69) is 9.71 Å². The molecular formula is C34H32F3N3O3S. The SMILES string of the molecule is Cc1cccc(CN(C(=O)[C@@H]2C[C@@H]2c2ccc(C(F)(F)F)cc2)c2ccc3c(c2)[C@@H](NS(=O)(=O)c2ccccc2)CCC3)n1. The molecule has 0 radical (unpaired) electrons. The summed E-state index contributed by atoms with van der Waals surface area (Å²) in [5.74, 6) is -0.712. The molecule has 0 aliphatic heterocycles. The lowest BCUT2D eigenvalue weighted by atomic mass is 9.87. The van der Waals surface area contributed by atoms with Gasteiger partial charge in [-0.1, -0.05) is 42.5 Å². The number of halogens is 3. The number of hydrogen-bond donors (Lipinski definition) is 1. The number of anilines is 1. The zero-order chi connectivity index (χ0) is 31.1. The number of nitrogens with zero attached hydrogens (tertiary/aromatic N) is 2. The van der Waals surface area contributed by atoms with Crippen molar-refractivity contribution in [2.24, 2.45) is 5.92 Å². The Labute approximate surface area is 255 Å². The Morgan fingerprint density at radius 3 is 2.43 bits per heavy atom. The Bertz CT molecular complexity index is 1780. The van der Waals surface area contributed by atoms with Gasteiger partial charge in [-0.15, -0.1) is 0 Å². The quantitative estimate of drug-likeness (QED) is 0.228. The van der Waals surface area contributed by atoms with Gasteiger partial charge < -0.3 is 4.90 Å². The number of carbonyl (C=O) groups excluding carboxylic acids is 1. The Morgan fingerprint density at radius 1 is 0.977 bits per heavy atom. The van der Waals surface area contributed by atoms with E-state index in [9.17, 15) is 26.4 Å². The zero-order valence-electron chi connectivity index (χ0n) is 24.1. The fraction of sp³-hybridized carbons (Fsp3) is 0.294. The summed E-state index contributed by atoms with van der Waals surface area (Å²) in [6.07, 6.45) is -1.65. The van der Waals surface area contributed by atoms with Crippen molar-refractivity contribution in [1.82, 2.24) is 9.71 Å². The number of aryl methyl sites for hydroxylation is 2. The number of amides is 1. The first-order valence-corrected chi connectivity index (χ1v) is 16.1. The Hall–Kier alpha value is -4.02. The third-order valence-corrected chi connectivity index (χ3v) is 9.90. The molecule has 3 atom stereocenters. The van der Waals surface area contributed by atoms with E-state index in [1.54, 1.807) is 35.2 Å². The first-order valence-electron chi connectivity index (χ1n) is 14.6. The molecule has 1 fully saturated rings. The van der Waals surface area contributed by atoms with Crippen molar-refractivity contribution in [1.29, 1.82) is 0 Å². The molecule has 1 saturated carbocycles. The first-order chi connectivity index (χ1) is 21.0. The molecule has 44 heavy (non-hydrogen) atoms. The van der Waals surface area contributed by atoms with Crippen LogP contribution in [-0.2, 0) is 34.0 Å². The van der Waals surface area contributed by atoms with Crippen molar-refractivity contribution in [2.75, 3.05) is 4.90 Å². The number of aromatic nitrogens is 1. The van der Waals surface area contributed by atoms with Crippen molar-refractivity contribution >= 4 is 21.6 Å². The Balaban J connectivity index is 1.30. The Morgan fingerprint density at radius 2 is 1.73 bits per heavy atom. The highest BCUT2D eigenvalue weighted by Gasteiger charge is 2.46. The normalized spacial score (nSPS) is 19.7. The van der Waals surface area contributed by atoms with Crippen LogP contribution in [-0.4, -0.2) is 19.3 Å². The van der Waals surface area contributed by atoms with Crippen molar-refractivity contribution in [3.8, 4) is 0 Å². The molecule has 0 bridgehead atoms. The van der Waals surface area contributed by atoms with E-state index < -0.39 is 27.8 Å². The molecule has 1 heterocycles. The number of nitrogens with one attached hydrogen (secondary N) is 1. The van der Waals surface area contributed by atoms with Crippen LogP contribution in [0, 0.1) is 12.8 Å². The van der Waals surface area contributed by atoms with Crippen molar-refractivity contribution in [3.05, 3.63) is 125 Å². The number of sulfonamides is 1. The highest BCUT2D eigenvalue weighted by molar-refractivity contribution is 7.89. The molecule has 6 rings (SSSR count). The van der Waals surface area contributed by atoms with Gasteiger partial charge in [0, 0.05) is 23.3 Å². The predicted molar refractivity (Wildman–Crippen MR) is 161 cm³/mol. The minimum Gasteiger partial charge on any atom is -0.306 e. The van der Waals surface area contributed by atoms with E-state index in [1.165, 1.54) is 12.1 Å². The Kier molecular flexibility index (Phi) is 8.06. The van der Waals surface area contributed by atoms with Crippen molar-refractivity contribution in [2.45, 2.75) is 62.2 Å². The van der Waals surface area contributed by atoms with Gasteiger partial charge in [0.2, 0.25) is 15.9 Å². The number of carbonyl (C=O) groups is 1. The summed E-state index contributed by atoms with van der Waals surface area (Å²) in [6.45, 7) is 2.08. The van der Waals surface area contributed by atoms with Gasteiger partial charge in [0.15, 0.2) is 0 Å². The van der Waals surface area contributed by atoms with Crippen molar-refractivity contribution in [3.63, 3.8) is 0 Å². The largest absolute Gasteiger partial charge is 0.416 e.